The summed E-state index contributed by atoms with van der Waals surface area (Å²) in [7, 11) is 0. The van der Waals surface area contributed by atoms with Crippen molar-refractivity contribution >= 4 is 27.3 Å². The molecule has 1 aromatic heterocycles. The van der Waals surface area contributed by atoms with Crippen molar-refractivity contribution in [3.05, 3.63) is 20.8 Å². The largest absolute Gasteiger partial charge is 0.328 e. The third kappa shape index (κ3) is 2.17. The molecule has 0 bridgehead atoms. The number of nitrogens with two attached hydrogens (primary N) is 1. The van der Waals surface area contributed by atoms with Crippen molar-refractivity contribution in [3.63, 3.8) is 0 Å². The number of nitrogens with zero attached hydrogens (tertiary/aromatic N) is 1. The molecule has 5 heteroatoms. The van der Waals surface area contributed by atoms with Crippen molar-refractivity contribution in [1.82, 2.24) is 5.06 Å². The summed E-state index contributed by atoms with van der Waals surface area (Å²) >= 11 is 5.18. The molecule has 1 fully saturated rings. The number of hydrogen-bond acceptors (Lipinski definition) is 4. The van der Waals surface area contributed by atoms with Crippen molar-refractivity contribution < 1.29 is 4.84 Å². The summed E-state index contributed by atoms with van der Waals surface area (Å²) in [6, 6.07) is 4.38. The van der Waals surface area contributed by atoms with E-state index in [0.29, 0.717) is 6.54 Å². The van der Waals surface area contributed by atoms with Gasteiger partial charge in [0.05, 0.1) is 16.4 Å². The molecule has 3 nitrogen and oxygen atoms in total. The van der Waals surface area contributed by atoms with Gasteiger partial charge in [-0.1, -0.05) is 0 Å². The molecule has 0 aromatic carbocycles. The van der Waals surface area contributed by atoms with Gasteiger partial charge in [-0.15, -0.1) is 11.3 Å². The van der Waals surface area contributed by atoms with E-state index >= 15 is 0 Å². The zero-order valence-electron chi connectivity index (χ0n) is 7.78. The Kier molecular flexibility index (Phi) is 3.57. The molecule has 0 spiro atoms. The van der Waals surface area contributed by atoms with Crippen LogP contribution in [0.15, 0.2) is 15.9 Å². The summed E-state index contributed by atoms with van der Waals surface area (Å²) in [6.45, 7) is 2.41. The van der Waals surface area contributed by atoms with Crippen LogP contribution in [0.25, 0.3) is 0 Å². The third-order valence-electron chi connectivity index (χ3n) is 2.27. The molecule has 2 N–H and O–H groups in total. The molecule has 1 aliphatic rings. The average Bonchev–Trinajstić information content (AvgIpc) is 2.79. The molecule has 2 heterocycles. The lowest BCUT2D eigenvalue weighted by atomic mass is 10.2. The van der Waals surface area contributed by atoms with Crippen molar-refractivity contribution in [2.75, 3.05) is 19.7 Å². The molecule has 14 heavy (non-hydrogen) atoms. The van der Waals surface area contributed by atoms with Crippen LogP contribution in [-0.4, -0.2) is 24.8 Å². The molecule has 0 amide bonds. The molecule has 1 aromatic rings. The average molecular weight is 277 g/mol. The molecule has 1 unspecified atom stereocenters. The van der Waals surface area contributed by atoms with Crippen LogP contribution in [0.2, 0.25) is 0 Å². The summed E-state index contributed by atoms with van der Waals surface area (Å²) in [4.78, 5) is 6.78. The molecular formula is C9H13BrN2OS. The van der Waals surface area contributed by atoms with Crippen molar-refractivity contribution in [2.24, 2.45) is 5.73 Å². The molecule has 0 saturated carbocycles. The van der Waals surface area contributed by atoms with Gasteiger partial charge in [0.2, 0.25) is 0 Å². The van der Waals surface area contributed by atoms with E-state index in [2.05, 4.69) is 28.1 Å². The van der Waals surface area contributed by atoms with Crippen LogP contribution < -0.4 is 5.73 Å². The number of hydroxylamine groups is 2. The van der Waals surface area contributed by atoms with Gasteiger partial charge in [0.15, 0.2) is 0 Å². The summed E-state index contributed by atoms with van der Waals surface area (Å²) in [5.74, 6) is 0. The van der Waals surface area contributed by atoms with E-state index in [-0.39, 0.29) is 6.04 Å². The quantitative estimate of drug-likeness (QED) is 0.920. The molecule has 78 valence electrons. The number of rotatable bonds is 3. The Labute approximate surface area is 95.9 Å². The fourth-order valence-electron chi connectivity index (χ4n) is 1.60. The fourth-order valence-corrected chi connectivity index (χ4v) is 3.14. The van der Waals surface area contributed by atoms with Crippen molar-refractivity contribution in [3.8, 4) is 0 Å². The van der Waals surface area contributed by atoms with E-state index in [1.807, 2.05) is 5.06 Å². The maximum Gasteiger partial charge on any atom is 0.0817 e. The van der Waals surface area contributed by atoms with Crippen LogP contribution in [0.5, 0.6) is 0 Å². The first-order valence-electron chi connectivity index (χ1n) is 4.66. The molecular weight excluding hydrogens is 264 g/mol. The minimum Gasteiger partial charge on any atom is -0.328 e. The summed E-state index contributed by atoms with van der Waals surface area (Å²) < 4.78 is 1.14. The van der Waals surface area contributed by atoms with Crippen molar-refractivity contribution in [2.45, 2.75) is 12.5 Å². The van der Waals surface area contributed by atoms with E-state index in [1.54, 1.807) is 11.3 Å². The minimum absolute atomic E-state index is 0.216. The highest BCUT2D eigenvalue weighted by Gasteiger charge is 2.24. The summed E-state index contributed by atoms with van der Waals surface area (Å²) in [6.07, 6.45) is 1.10. The first-order chi connectivity index (χ1) is 6.81. The van der Waals surface area contributed by atoms with Gasteiger partial charge < -0.3 is 5.73 Å². The number of halogens is 1. The second kappa shape index (κ2) is 4.72. The van der Waals surface area contributed by atoms with Gasteiger partial charge in [0.25, 0.3) is 0 Å². The Hall–Kier alpha value is 0.0600. The first-order valence-corrected chi connectivity index (χ1v) is 6.27. The van der Waals surface area contributed by atoms with Crippen molar-refractivity contribution in [1.29, 1.82) is 0 Å². The zero-order chi connectivity index (χ0) is 9.97. The van der Waals surface area contributed by atoms with E-state index < -0.39 is 0 Å². The van der Waals surface area contributed by atoms with Gasteiger partial charge >= 0.3 is 0 Å². The maximum absolute atomic E-state index is 5.76. The van der Waals surface area contributed by atoms with Gasteiger partial charge in [-0.25, -0.2) is 0 Å². The number of thiophene rings is 1. The van der Waals surface area contributed by atoms with E-state index in [0.717, 1.165) is 23.4 Å². The fraction of sp³-hybridized carbons (Fsp3) is 0.556. The van der Waals surface area contributed by atoms with Gasteiger partial charge in [0.1, 0.15) is 0 Å². The Balaban J connectivity index is 2.12. The molecule has 2 rings (SSSR count). The predicted octanol–water partition coefficient (Wildman–Crippen LogP) is 2.15. The second-order valence-corrected chi connectivity index (χ2v) is 5.72. The Morgan fingerprint density at radius 2 is 2.50 bits per heavy atom. The van der Waals surface area contributed by atoms with Crippen LogP contribution in [0.1, 0.15) is 17.3 Å². The zero-order valence-corrected chi connectivity index (χ0v) is 10.2. The predicted molar refractivity (Wildman–Crippen MR) is 61.1 cm³/mol. The molecule has 0 aliphatic carbocycles. The number of hydrogen-bond donors (Lipinski definition) is 1. The minimum atomic E-state index is 0.216. The van der Waals surface area contributed by atoms with Crippen LogP contribution >= 0.6 is 27.3 Å². The lowest BCUT2D eigenvalue weighted by Crippen LogP contribution is -2.29. The Morgan fingerprint density at radius 3 is 3.00 bits per heavy atom. The van der Waals surface area contributed by atoms with E-state index in [4.69, 9.17) is 10.6 Å². The molecule has 1 atom stereocenters. The topological polar surface area (TPSA) is 38.5 Å². The summed E-state index contributed by atoms with van der Waals surface area (Å²) in [5.41, 5.74) is 5.76. The standard InChI is InChI=1S/C9H13BrN2OS/c10-9-3-2-8(14-9)7(6-11)12-4-1-5-13-12/h2-3,7H,1,4-6,11H2. The Bertz CT molecular complexity index is 299. The smallest absolute Gasteiger partial charge is 0.0817 e. The highest BCUT2D eigenvalue weighted by Crippen LogP contribution is 2.31. The SMILES string of the molecule is NCC(c1ccc(Br)s1)N1CCCO1. The van der Waals surface area contributed by atoms with Gasteiger partial charge in [-0.05, 0) is 34.5 Å². The third-order valence-corrected chi connectivity index (χ3v) is 4.00. The monoisotopic (exact) mass is 276 g/mol. The lowest BCUT2D eigenvalue weighted by molar-refractivity contribution is -0.139. The summed E-state index contributed by atoms with van der Waals surface area (Å²) in [5, 5.41) is 2.00. The van der Waals surface area contributed by atoms with Crippen LogP contribution in [0.4, 0.5) is 0 Å². The molecule has 1 saturated heterocycles. The van der Waals surface area contributed by atoms with Gasteiger partial charge in [-0.3, -0.25) is 4.84 Å². The lowest BCUT2D eigenvalue weighted by Gasteiger charge is -2.23. The van der Waals surface area contributed by atoms with Crippen LogP contribution in [0, 0.1) is 0 Å². The van der Waals surface area contributed by atoms with E-state index in [9.17, 15) is 0 Å². The van der Waals surface area contributed by atoms with Crippen LogP contribution in [0.3, 0.4) is 0 Å². The van der Waals surface area contributed by atoms with Crippen LogP contribution in [-0.2, 0) is 4.84 Å². The van der Waals surface area contributed by atoms with E-state index in [1.165, 1.54) is 4.88 Å². The first kappa shape index (κ1) is 10.6. The Morgan fingerprint density at radius 1 is 1.64 bits per heavy atom. The normalized spacial score (nSPS) is 20.1. The van der Waals surface area contributed by atoms with Gasteiger partial charge in [-0.2, -0.15) is 5.06 Å². The highest BCUT2D eigenvalue weighted by molar-refractivity contribution is 9.11. The molecule has 0 radical (unpaired) electrons. The highest BCUT2D eigenvalue weighted by atomic mass is 79.9. The maximum atomic E-state index is 5.76. The van der Waals surface area contributed by atoms with Gasteiger partial charge in [0, 0.05) is 18.0 Å². The second-order valence-electron chi connectivity index (χ2n) is 3.22. The molecule has 1 aliphatic heterocycles.